The average Bonchev–Trinajstić information content (AvgIpc) is 3.40. The molecule has 0 unspecified atom stereocenters. The molecule has 3 aromatic heterocycles. The van der Waals surface area contributed by atoms with E-state index in [0.717, 1.165) is 65.5 Å². The lowest BCUT2D eigenvalue weighted by atomic mass is 10.1. The number of aryl methyl sites for hydroxylation is 1. The number of carbonyl (C=O) groups excluding carboxylic acids is 1. The molecule has 1 amide bonds. The summed E-state index contributed by atoms with van der Waals surface area (Å²) in [6.07, 6.45) is 7.62. The lowest BCUT2D eigenvalue weighted by Gasteiger charge is -2.28. The third-order valence-electron chi connectivity index (χ3n) is 7.01. The van der Waals surface area contributed by atoms with Crippen LogP contribution in [-0.4, -0.2) is 63.7 Å². The summed E-state index contributed by atoms with van der Waals surface area (Å²) in [5.41, 5.74) is 12.0. The molecule has 1 aromatic carbocycles. The van der Waals surface area contributed by atoms with Gasteiger partial charge < -0.3 is 25.6 Å². The number of pyridine rings is 1. The number of carbonyl (C=O) groups is 1. The Morgan fingerprint density at radius 1 is 1.05 bits per heavy atom. The number of nitrogens with two attached hydrogens (primary N) is 1. The van der Waals surface area contributed by atoms with Crippen LogP contribution in [0.3, 0.4) is 0 Å². The maximum atomic E-state index is 12.8. The number of nitrogens with one attached hydrogen (secondary N) is 1. The highest BCUT2D eigenvalue weighted by molar-refractivity contribution is 5.95. The molecule has 198 valence electrons. The fourth-order valence-electron chi connectivity index (χ4n) is 4.97. The van der Waals surface area contributed by atoms with Gasteiger partial charge in [-0.2, -0.15) is 4.98 Å². The zero-order valence-electron chi connectivity index (χ0n) is 21.7. The molecule has 11 nitrogen and oxygen atoms in total. The molecule has 0 spiro atoms. The first-order valence-electron chi connectivity index (χ1n) is 12.9. The van der Waals surface area contributed by atoms with Gasteiger partial charge in [0.1, 0.15) is 5.82 Å². The van der Waals surface area contributed by atoms with Crippen molar-refractivity contribution in [2.75, 3.05) is 48.4 Å². The van der Waals surface area contributed by atoms with E-state index in [1.807, 2.05) is 37.3 Å². The molecule has 0 atom stereocenters. The van der Waals surface area contributed by atoms with E-state index in [1.54, 1.807) is 24.8 Å². The van der Waals surface area contributed by atoms with E-state index in [9.17, 15) is 4.79 Å². The van der Waals surface area contributed by atoms with Crippen LogP contribution in [0.5, 0.6) is 0 Å². The first kappa shape index (κ1) is 24.7. The van der Waals surface area contributed by atoms with Gasteiger partial charge in [-0.05, 0) is 54.8 Å². The largest absolute Gasteiger partial charge is 0.378 e. The Labute approximate surface area is 226 Å². The highest BCUT2D eigenvalue weighted by Gasteiger charge is 2.30. The second-order valence-corrected chi connectivity index (χ2v) is 9.54. The SMILES string of the molecule is Cc1cc(C(=O)NCc2ccncc2)ccc1N1CCc2c(-c3cnc(N)nc3)nc(N3CCOCC3)nc21. The van der Waals surface area contributed by atoms with Gasteiger partial charge in [0.2, 0.25) is 11.9 Å². The van der Waals surface area contributed by atoms with Gasteiger partial charge in [0, 0.05) is 73.3 Å². The number of anilines is 4. The number of nitrogens with zero attached hydrogens (tertiary/aromatic N) is 7. The Morgan fingerprint density at radius 2 is 1.82 bits per heavy atom. The third-order valence-corrected chi connectivity index (χ3v) is 7.01. The first-order chi connectivity index (χ1) is 19.1. The number of aromatic nitrogens is 5. The van der Waals surface area contributed by atoms with E-state index < -0.39 is 0 Å². The minimum Gasteiger partial charge on any atom is -0.378 e. The van der Waals surface area contributed by atoms with E-state index in [0.29, 0.717) is 31.3 Å². The lowest BCUT2D eigenvalue weighted by Crippen LogP contribution is -2.37. The fraction of sp³-hybridized carbons (Fsp3) is 0.286. The Hall–Kier alpha value is -4.64. The van der Waals surface area contributed by atoms with E-state index in [4.69, 9.17) is 20.4 Å². The van der Waals surface area contributed by atoms with Crippen LogP contribution in [0.1, 0.15) is 27.0 Å². The molecule has 1 saturated heterocycles. The molecule has 39 heavy (non-hydrogen) atoms. The van der Waals surface area contributed by atoms with Gasteiger partial charge in [-0.25, -0.2) is 15.0 Å². The second-order valence-electron chi connectivity index (χ2n) is 9.54. The molecule has 2 aliphatic heterocycles. The van der Waals surface area contributed by atoms with Gasteiger partial charge in [0.25, 0.3) is 5.91 Å². The molecule has 0 aliphatic carbocycles. The van der Waals surface area contributed by atoms with Crippen molar-refractivity contribution in [2.24, 2.45) is 0 Å². The van der Waals surface area contributed by atoms with Crippen molar-refractivity contribution >= 4 is 29.3 Å². The third kappa shape index (κ3) is 5.08. The van der Waals surface area contributed by atoms with Crippen molar-refractivity contribution in [1.82, 2.24) is 30.2 Å². The summed E-state index contributed by atoms with van der Waals surface area (Å²) < 4.78 is 5.54. The number of nitrogen functional groups attached to an aromatic ring is 1. The highest BCUT2D eigenvalue weighted by Crippen LogP contribution is 2.40. The van der Waals surface area contributed by atoms with Crippen LogP contribution >= 0.6 is 0 Å². The number of benzene rings is 1. The molecule has 1 fully saturated rings. The van der Waals surface area contributed by atoms with Crippen molar-refractivity contribution in [3.63, 3.8) is 0 Å². The summed E-state index contributed by atoms with van der Waals surface area (Å²) in [5.74, 6) is 1.61. The van der Waals surface area contributed by atoms with Crippen LogP contribution < -0.4 is 20.9 Å². The van der Waals surface area contributed by atoms with Gasteiger partial charge >= 0.3 is 0 Å². The number of amides is 1. The minimum absolute atomic E-state index is 0.120. The molecule has 0 bridgehead atoms. The van der Waals surface area contributed by atoms with Crippen molar-refractivity contribution in [1.29, 1.82) is 0 Å². The van der Waals surface area contributed by atoms with Gasteiger partial charge in [0.05, 0.1) is 18.9 Å². The van der Waals surface area contributed by atoms with Crippen LogP contribution in [0.2, 0.25) is 0 Å². The number of ether oxygens (including phenoxy) is 1. The Bertz CT molecular complexity index is 1490. The minimum atomic E-state index is -0.120. The number of hydrogen-bond donors (Lipinski definition) is 2. The molecular weight excluding hydrogens is 494 g/mol. The van der Waals surface area contributed by atoms with E-state index in [1.165, 1.54) is 0 Å². The van der Waals surface area contributed by atoms with E-state index in [-0.39, 0.29) is 11.9 Å². The Morgan fingerprint density at radius 3 is 2.56 bits per heavy atom. The standard InChI is InChI=1S/C28H29N9O2/c1-18-14-20(26(38)31-15-19-4-7-30-8-5-19)2-3-23(18)37-9-6-22-24(21-16-32-27(29)33-17-21)34-28(35-25(22)37)36-10-12-39-13-11-36/h2-5,7-8,14,16-17H,6,9-13,15H2,1H3,(H,31,38)(H2,29,32,33). The molecule has 0 saturated carbocycles. The number of morpholine rings is 1. The summed E-state index contributed by atoms with van der Waals surface area (Å²) in [4.78, 5) is 39.6. The van der Waals surface area contributed by atoms with E-state index in [2.05, 4.69) is 30.1 Å². The summed E-state index contributed by atoms with van der Waals surface area (Å²) in [6.45, 7) is 5.92. The predicted octanol–water partition coefficient (Wildman–Crippen LogP) is 2.68. The zero-order chi connectivity index (χ0) is 26.8. The molecule has 6 rings (SSSR count). The molecule has 3 N–H and O–H groups in total. The molecule has 2 aliphatic rings. The van der Waals surface area contributed by atoms with Crippen LogP contribution in [0.15, 0.2) is 55.1 Å². The number of fused-ring (bicyclic) bond motifs is 1. The van der Waals surface area contributed by atoms with Crippen molar-refractivity contribution < 1.29 is 9.53 Å². The van der Waals surface area contributed by atoms with Crippen molar-refractivity contribution in [3.05, 3.63) is 77.4 Å². The van der Waals surface area contributed by atoms with Crippen molar-refractivity contribution in [3.8, 4) is 11.3 Å². The maximum Gasteiger partial charge on any atom is 0.251 e. The Balaban J connectivity index is 1.32. The summed E-state index contributed by atoms with van der Waals surface area (Å²) >= 11 is 0. The smallest absolute Gasteiger partial charge is 0.251 e. The fourth-order valence-corrected chi connectivity index (χ4v) is 4.97. The summed E-state index contributed by atoms with van der Waals surface area (Å²) in [7, 11) is 0. The molecule has 5 heterocycles. The zero-order valence-corrected chi connectivity index (χ0v) is 21.7. The predicted molar refractivity (Wildman–Crippen MR) is 148 cm³/mol. The van der Waals surface area contributed by atoms with Crippen LogP contribution in [-0.2, 0) is 17.7 Å². The normalized spacial score (nSPS) is 14.8. The second kappa shape index (κ2) is 10.6. The number of rotatable bonds is 6. The molecule has 11 heteroatoms. The van der Waals surface area contributed by atoms with Gasteiger partial charge in [-0.15, -0.1) is 0 Å². The quantitative estimate of drug-likeness (QED) is 0.388. The summed E-state index contributed by atoms with van der Waals surface area (Å²) in [6, 6.07) is 9.55. The van der Waals surface area contributed by atoms with Crippen LogP contribution in [0.25, 0.3) is 11.3 Å². The van der Waals surface area contributed by atoms with Gasteiger partial charge in [-0.1, -0.05) is 0 Å². The first-order valence-corrected chi connectivity index (χ1v) is 12.9. The van der Waals surface area contributed by atoms with Crippen molar-refractivity contribution in [2.45, 2.75) is 19.9 Å². The van der Waals surface area contributed by atoms with Gasteiger partial charge in [-0.3, -0.25) is 9.78 Å². The molecule has 0 radical (unpaired) electrons. The topological polar surface area (TPSA) is 135 Å². The Kier molecular flexibility index (Phi) is 6.72. The number of hydrogen-bond acceptors (Lipinski definition) is 10. The van der Waals surface area contributed by atoms with Crippen LogP contribution in [0, 0.1) is 6.92 Å². The van der Waals surface area contributed by atoms with E-state index >= 15 is 0 Å². The monoisotopic (exact) mass is 523 g/mol. The lowest BCUT2D eigenvalue weighted by molar-refractivity contribution is 0.0951. The molecular formula is C28H29N9O2. The highest BCUT2D eigenvalue weighted by atomic mass is 16.5. The maximum absolute atomic E-state index is 12.8. The average molecular weight is 524 g/mol. The van der Waals surface area contributed by atoms with Gasteiger partial charge in [0.15, 0.2) is 0 Å². The summed E-state index contributed by atoms with van der Waals surface area (Å²) in [5, 5.41) is 2.98. The molecule has 4 aromatic rings. The van der Waals surface area contributed by atoms with Crippen LogP contribution in [0.4, 0.5) is 23.4 Å².